The Kier molecular flexibility index (Phi) is 10.00. The van der Waals surface area contributed by atoms with Crippen LogP contribution in [0.4, 0.5) is 11.6 Å². The lowest BCUT2D eigenvalue weighted by Gasteiger charge is -2.38. The van der Waals surface area contributed by atoms with E-state index in [1.807, 2.05) is 41.0 Å². The summed E-state index contributed by atoms with van der Waals surface area (Å²) in [5.41, 5.74) is 9.46. The summed E-state index contributed by atoms with van der Waals surface area (Å²) in [7, 11) is 1.66. The SMILES string of the molecule is CCN1CCN(C[C@H]2CSc3c(-c4cccc5ccc(N)nc45)c(Cl)cc4c(N5CCC(N=C=NCCOC)CC5)nc(=O)n2c34)CC1. The van der Waals surface area contributed by atoms with Crippen molar-refractivity contribution in [3.05, 3.63) is 51.9 Å². The highest BCUT2D eigenvalue weighted by molar-refractivity contribution is 7.99. The van der Waals surface area contributed by atoms with Gasteiger partial charge in [0.15, 0.2) is 0 Å². The Hall–Kier alpha value is -3.51. The van der Waals surface area contributed by atoms with Gasteiger partial charge in [-0.3, -0.25) is 9.47 Å². The van der Waals surface area contributed by atoms with E-state index in [1.54, 1.807) is 18.9 Å². The van der Waals surface area contributed by atoms with E-state index in [9.17, 15) is 4.79 Å². The maximum absolute atomic E-state index is 14.2. The quantitative estimate of drug-likeness (QED) is 0.193. The second-order valence-corrected chi connectivity index (χ2v) is 14.1. The molecule has 0 bridgehead atoms. The van der Waals surface area contributed by atoms with Gasteiger partial charge >= 0.3 is 5.69 Å². The van der Waals surface area contributed by atoms with Gasteiger partial charge in [-0.05, 0) is 37.6 Å². The molecule has 48 heavy (non-hydrogen) atoms. The maximum atomic E-state index is 14.2. The lowest BCUT2D eigenvalue weighted by Crippen LogP contribution is -2.49. The van der Waals surface area contributed by atoms with Crippen LogP contribution in [-0.4, -0.2) is 115 Å². The third-order valence-electron chi connectivity index (χ3n) is 9.76. The number of rotatable bonds is 9. The van der Waals surface area contributed by atoms with Crippen LogP contribution < -0.4 is 16.3 Å². The minimum Gasteiger partial charge on any atom is -0.384 e. The molecule has 2 aromatic carbocycles. The third kappa shape index (κ3) is 6.57. The first-order valence-corrected chi connectivity index (χ1v) is 18.2. The monoisotopic (exact) mass is 687 g/mol. The molecule has 0 spiro atoms. The largest absolute Gasteiger partial charge is 0.384 e. The molecule has 2 aromatic heterocycles. The van der Waals surface area contributed by atoms with E-state index < -0.39 is 0 Å². The Morgan fingerprint density at radius 3 is 2.65 bits per heavy atom. The molecule has 0 amide bonds. The van der Waals surface area contributed by atoms with Crippen molar-refractivity contribution in [3.63, 3.8) is 0 Å². The number of para-hydroxylation sites is 1. The molecule has 3 aliphatic rings. The average molecular weight is 688 g/mol. The second kappa shape index (κ2) is 14.5. The normalized spacial score (nSPS) is 19.1. The van der Waals surface area contributed by atoms with Crippen molar-refractivity contribution in [2.24, 2.45) is 9.98 Å². The van der Waals surface area contributed by atoms with E-state index >= 15 is 0 Å². The number of pyridine rings is 1. The molecule has 4 aromatic rings. The van der Waals surface area contributed by atoms with Crippen molar-refractivity contribution in [2.45, 2.75) is 36.7 Å². The van der Waals surface area contributed by atoms with Crippen LogP contribution in [0.3, 0.4) is 0 Å². The minimum atomic E-state index is -0.213. The summed E-state index contributed by atoms with van der Waals surface area (Å²) in [6.07, 6.45) is 1.64. The Morgan fingerprint density at radius 2 is 1.88 bits per heavy atom. The number of benzene rings is 2. The second-order valence-electron chi connectivity index (χ2n) is 12.7. The number of nitrogen functional groups attached to an aromatic ring is 1. The number of likely N-dealkylation sites (N-methyl/N-ethyl adjacent to an activating group) is 1. The number of hydrogen-bond donors (Lipinski definition) is 1. The number of hydrogen-bond acceptors (Lipinski definition) is 11. The van der Waals surface area contributed by atoms with Gasteiger partial charge in [-0.15, -0.1) is 11.8 Å². The molecule has 1 atom stereocenters. The number of piperidine rings is 1. The zero-order valence-corrected chi connectivity index (χ0v) is 29.1. The van der Waals surface area contributed by atoms with E-state index in [-0.39, 0.29) is 17.8 Å². The number of halogens is 1. The predicted molar refractivity (Wildman–Crippen MR) is 196 cm³/mol. The van der Waals surface area contributed by atoms with E-state index in [4.69, 9.17) is 32.0 Å². The fourth-order valence-electron chi connectivity index (χ4n) is 7.15. The Bertz CT molecular complexity index is 1930. The molecule has 0 radical (unpaired) electrons. The Balaban J connectivity index is 1.31. The summed E-state index contributed by atoms with van der Waals surface area (Å²) < 4.78 is 7.00. The summed E-state index contributed by atoms with van der Waals surface area (Å²) in [4.78, 5) is 40.7. The summed E-state index contributed by atoms with van der Waals surface area (Å²) >= 11 is 9.04. The molecule has 2 fully saturated rings. The topological polar surface area (TPSA) is 117 Å². The third-order valence-corrected chi connectivity index (χ3v) is 11.3. The molecular weight excluding hydrogens is 646 g/mol. The highest BCUT2D eigenvalue weighted by atomic mass is 35.5. The highest BCUT2D eigenvalue weighted by Crippen LogP contribution is 2.48. The molecule has 0 saturated carbocycles. The van der Waals surface area contributed by atoms with Gasteiger partial charge in [-0.2, -0.15) is 4.98 Å². The summed E-state index contributed by atoms with van der Waals surface area (Å²) in [6, 6.07) is 14.9. The van der Waals surface area contributed by atoms with Crippen molar-refractivity contribution in [2.75, 3.05) is 89.0 Å². The number of fused-ring (bicyclic) bond motifs is 1. The molecular formula is C35H42ClN9O2S. The van der Waals surface area contributed by atoms with E-state index in [0.29, 0.717) is 29.8 Å². The zero-order chi connectivity index (χ0) is 33.2. The number of methoxy groups -OCH3 is 1. The molecule has 3 aliphatic heterocycles. The first-order valence-electron chi connectivity index (χ1n) is 16.8. The van der Waals surface area contributed by atoms with E-state index in [2.05, 4.69) is 37.6 Å². The number of thioether (sulfide) groups is 1. The van der Waals surface area contributed by atoms with Crippen molar-refractivity contribution < 1.29 is 4.74 Å². The summed E-state index contributed by atoms with van der Waals surface area (Å²) in [5.74, 6) is 1.89. The molecule has 13 heteroatoms. The molecule has 0 aliphatic carbocycles. The summed E-state index contributed by atoms with van der Waals surface area (Å²) in [5, 5.41) is 2.50. The molecule has 252 valence electrons. The van der Waals surface area contributed by atoms with Crippen molar-refractivity contribution in [1.82, 2.24) is 24.3 Å². The molecule has 11 nitrogen and oxygen atoms in total. The number of aromatic nitrogens is 3. The smallest absolute Gasteiger partial charge is 0.350 e. The van der Waals surface area contributed by atoms with Crippen LogP contribution in [0.2, 0.25) is 5.02 Å². The number of nitrogens with zero attached hydrogens (tertiary/aromatic N) is 8. The molecule has 2 N–H and O–H groups in total. The number of piperazine rings is 1. The van der Waals surface area contributed by atoms with Gasteiger partial charge in [0.05, 0.1) is 47.3 Å². The molecule has 7 rings (SSSR count). The average Bonchev–Trinajstić information content (AvgIpc) is 3.10. The van der Waals surface area contributed by atoms with Crippen molar-refractivity contribution in [1.29, 1.82) is 0 Å². The van der Waals surface area contributed by atoms with Crippen LogP contribution in [0.15, 0.2) is 56.1 Å². The van der Waals surface area contributed by atoms with Gasteiger partial charge in [-0.25, -0.2) is 19.8 Å². The lowest BCUT2D eigenvalue weighted by molar-refractivity contribution is 0.126. The van der Waals surface area contributed by atoms with Gasteiger partial charge in [0.1, 0.15) is 11.6 Å². The van der Waals surface area contributed by atoms with Crippen LogP contribution in [-0.2, 0) is 4.74 Å². The van der Waals surface area contributed by atoms with Gasteiger partial charge < -0.3 is 20.3 Å². The van der Waals surface area contributed by atoms with Gasteiger partial charge in [0.2, 0.25) is 0 Å². The fraction of sp³-hybridized carbons (Fsp3) is 0.486. The maximum Gasteiger partial charge on any atom is 0.350 e. The van der Waals surface area contributed by atoms with Gasteiger partial charge in [0, 0.05) is 85.5 Å². The first kappa shape index (κ1) is 33.0. The fourth-order valence-corrected chi connectivity index (χ4v) is 8.84. The van der Waals surface area contributed by atoms with Crippen LogP contribution in [0.25, 0.3) is 32.9 Å². The van der Waals surface area contributed by atoms with E-state index in [1.165, 1.54) is 0 Å². The van der Waals surface area contributed by atoms with Gasteiger partial charge in [-0.1, -0.05) is 36.7 Å². The molecule has 2 saturated heterocycles. The number of anilines is 2. The number of aliphatic imine (C=N–C) groups is 2. The van der Waals surface area contributed by atoms with Crippen LogP contribution in [0.1, 0.15) is 25.8 Å². The van der Waals surface area contributed by atoms with Crippen molar-refractivity contribution >= 4 is 62.8 Å². The Labute approximate surface area is 289 Å². The lowest BCUT2D eigenvalue weighted by atomic mass is 9.99. The van der Waals surface area contributed by atoms with E-state index in [0.717, 1.165) is 109 Å². The summed E-state index contributed by atoms with van der Waals surface area (Å²) in [6.45, 7) is 10.7. The standard InChI is InChI=1S/C35H42ClN9O2S/c1-3-42-14-16-43(17-15-42)20-25-21-48-33-30(26-6-4-5-23-7-8-29(37)40-31(23)26)28(36)19-27-32(33)45(25)35(46)41-34(27)44-12-9-24(10-13-44)39-22-38-11-18-47-2/h4-8,19,24-25H,3,9-18,20-21H2,1-2H3,(H2,37,40)/t25-/m0/s1. The molecule has 5 heterocycles. The van der Waals surface area contributed by atoms with Crippen LogP contribution in [0, 0.1) is 0 Å². The van der Waals surface area contributed by atoms with Gasteiger partial charge in [0.25, 0.3) is 0 Å². The molecule has 0 unspecified atom stereocenters. The zero-order valence-electron chi connectivity index (χ0n) is 27.6. The Morgan fingerprint density at radius 1 is 1.08 bits per heavy atom. The first-order chi connectivity index (χ1) is 23.4. The van der Waals surface area contributed by atoms with Crippen molar-refractivity contribution in [3.8, 4) is 11.1 Å². The number of ether oxygens (including phenoxy) is 1. The highest BCUT2D eigenvalue weighted by Gasteiger charge is 2.33. The number of nitrogens with two attached hydrogens (primary N) is 1. The predicted octanol–water partition coefficient (Wildman–Crippen LogP) is 4.92. The van der Waals surface area contributed by atoms with Crippen LogP contribution in [0.5, 0.6) is 0 Å². The minimum absolute atomic E-state index is 0.0139. The van der Waals surface area contributed by atoms with Crippen LogP contribution >= 0.6 is 23.4 Å².